The van der Waals surface area contributed by atoms with E-state index in [1.165, 1.54) is 44.9 Å². The Morgan fingerprint density at radius 3 is 2.57 bits per heavy atom. The van der Waals surface area contributed by atoms with Crippen molar-refractivity contribution in [2.75, 3.05) is 0 Å². The van der Waals surface area contributed by atoms with Gasteiger partial charge < -0.3 is 5.73 Å². The van der Waals surface area contributed by atoms with Crippen molar-refractivity contribution >= 4 is 5.91 Å². The van der Waals surface area contributed by atoms with Crippen LogP contribution >= 0.6 is 0 Å². The predicted molar refractivity (Wildman–Crippen MR) is 87.9 cm³/mol. The van der Waals surface area contributed by atoms with E-state index in [0.29, 0.717) is 12.3 Å². The molecule has 1 unspecified atom stereocenters. The molecule has 0 aliphatic heterocycles. The second kappa shape index (κ2) is 11.3. The lowest BCUT2D eigenvalue weighted by molar-refractivity contribution is -0.118. The maximum atomic E-state index is 11.0. The van der Waals surface area contributed by atoms with E-state index >= 15 is 0 Å². The van der Waals surface area contributed by atoms with Crippen LogP contribution in [-0.2, 0) is 11.2 Å². The maximum Gasteiger partial charge on any atom is 0.217 e. The Balaban J connectivity index is 2.32. The van der Waals surface area contributed by atoms with E-state index in [1.807, 2.05) is 18.3 Å². The highest BCUT2D eigenvalue weighted by Crippen LogP contribution is 2.20. The van der Waals surface area contributed by atoms with Crippen molar-refractivity contribution in [3.05, 3.63) is 30.1 Å². The summed E-state index contributed by atoms with van der Waals surface area (Å²) in [4.78, 5) is 15.4. The molecule has 1 aromatic heterocycles. The zero-order chi connectivity index (χ0) is 15.3. The topological polar surface area (TPSA) is 56.0 Å². The van der Waals surface area contributed by atoms with Gasteiger partial charge in [-0.05, 0) is 30.9 Å². The number of carbonyl (C=O) groups is 1. The summed E-state index contributed by atoms with van der Waals surface area (Å²) in [6.45, 7) is 2.24. The molecule has 1 amide bonds. The second-order valence-electron chi connectivity index (χ2n) is 5.95. The van der Waals surface area contributed by atoms with Gasteiger partial charge in [0.1, 0.15) is 0 Å². The lowest BCUT2D eigenvalue weighted by Gasteiger charge is -2.15. The Bertz CT molecular complexity index is 378. The van der Waals surface area contributed by atoms with Crippen molar-refractivity contribution in [3.8, 4) is 0 Å². The first-order valence-corrected chi connectivity index (χ1v) is 8.40. The standard InChI is InChI=1S/C18H30N2O/c1-2-3-4-5-6-7-10-16(12-13-18(19)21)15-17-11-8-9-14-20-17/h8-9,11,14,16H,2-7,10,12-13,15H2,1H3,(H2,19,21). The molecule has 3 heteroatoms. The maximum absolute atomic E-state index is 11.0. The highest BCUT2D eigenvalue weighted by molar-refractivity contribution is 5.73. The van der Waals surface area contributed by atoms with Crippen molar-refractivity contribution in [2.45, 2.75) is 71.1 Å². The molecule has 3 nitrogen and oxygen atoms in total. The lowest BCUT2D eigenvalue weighted by Crippen LogP contribution is -2.14. The Morgan fingerprint density at radius 2 is 1.90 bits per heavy atom. The van der Waals surface area contributed by atoms with Crippen molar-refractivity contribution in [1.82, 2.24) is 4.98 Å². The molecule has 0 aromatic carbocycles. The fourth-order valence-corrected chi connectivity index (χ4v) is 2.72. The van der Waals surface area contributed by atoms with Crippen LogP contribution in [0.3, 0.4) is 0 Å². The number of aromatic nitrogens is 1. The highest BCUT2D eigenvalue weighted by atomic mass is 16.1. The van der Waals surface area contributed by atoms with E-state index in [1.54, 1.807) is 0 Å². The van der Waals surface area contributed by atoms with Gasteiger partial charge in [-0.25, -0.2) is 0 Å². The molecule has 1 rings (SSSR count). The first-order valence-electron chi connectivity index (χ1n) is 8.40. The summed E-state index contributed by atoms with van der Waals surface area (Å²) in [6, 6.07) is 6.03. The number of pyridine rings is 1. The number of nitrogens with two attached hydrogens (primary N) is 1. The lowest BCUT2D eigenvalue weighted by atomic mass is 9.91. The molecule has 0 saturated heterocycles. The monoisotopic (exact) mass is 290 g/mol. The van der Waals surface area contributed by atoms with Gasteiger partial charge in [0.2, 0.25) is 5.91 Å². The molecular weight excluding hydrogens is 260 g/mol. The molecule has 21 heavy (non-hydrogen) atoms. The fraction of sp³-hybridized carbons (Fsp3) is 0.667. The Kier molecular flexibility index (Phi) is 9.51. The van der Waals surface area contributed by atoms with Crippen molar-refractivity contribution < 1.29 is 4.79 Å². The van der Waals surface area contributed by atoms with Crippen LogP contribution < -0.4 is 5.73 Å². The molecule has 118 valence electrons. The average molecular weight is 290 g/mol. The number of unbranched alkanes of at least 4 members (excludes halogenated alkanes) is 5. The summed E-state index contributed by atoms with van der Waals surface area (Å²) in [5, 5.41) is 0. The largest absolute Gasteiger partial charge is 0.370 e. The molecule has 1 heterocycles. The molecule has 0 radical (unpaired) electrons. The fourth-order valence-electron chi connectivity index (χ4n) is 2.72. The van der Waals surface area contributed by atoms with Crippen LogP contribution in [0.2, 0.25) is 0 Å². The van der Waals surface area contributed by atoms with Crippen molar-refractivity contribution in [2.24, 2.45) is 11.7 Å². The van der Waals surface area contributed by atoms with Crippen LogP contribution in [0.5, 0.6) is 0 Å². The SMILES string of the molecule is CCCCCCCCC(CCC(N)=O)Cc1ccccn1. The van der Waals surface area contributed by atoms with Crippen LogP contribution in [-0.4, -0.2) is 10.9 Å². The summed E-state index contributed by atoms with van der Waals surface area (Å²) < 4.78 is 0. The van der Waals surface area contributed by atoms with Gasteiger partial charge >= 0.3 is 0 Å². The molecule has 2 N–H and O–H groups in total. The molecular formula is C18H30N2O. The minimum atomic E-state index is -0.191. The van der Waals surface area contributed by atoms with Crippen LogP contribution in [0, 0.1) is 5.92 Å². The average Bonchev–Trinajstić information content (AvgIpc) is 2.49. The highest BCUT2D eigenvalue weighted by Gasteiger charge is 2.11. The number of amides is 1. The van der Waals surface area contributed by atoms with Crippen molar-refractivity contribution in [1.29, 1.82) is 0 Å². The van der Waals surface area contributed by atoms with Gasteiger partial charge in [0.05, 0.1) is 0 Å². The Morgan fingerprint density at radius 1 is 1.14 bits per heavy atom. The Hall–Kier alpha value is -1.38. The summed E-state index contributed by atoms with van der Waals surface area (Å²) in [6.07, 6.45) is 13.2. The normalized spacial score (nSPS) is 12.2. The van der Waals surface area contributed by atoms with Gasteiger partial charge in [-0.2, -0.15) is 0 Å². The minimum absolute atomic E-state index is 0.191. The van der Waals surface area contributed by atoms with Crippen LogP contribution in [0.15, 0.2) is 24.4 Å². The van der Waals surface area contributed by atoms with Gasteiger partial charge in [-0.1, -0.05) is 57.9 Å². The van der Waals surface area contributed by atoms with E-state index < -0.39 is 0 Å². The van der Waals surface area contributed by atoms with E-state index in [9.17, 15) is 4.79 Å². The molecule has 0 fully saturated rings. The number of hydrogen-bond acceptors (Lipinski definition) is 2. The summed E-state index contributed by atoms with van der Waals surface area (Å²) in [7, 11) is 0. The first kappa shape index (κ1) is 17.7. The molecule has 0 saturated carbocycles. The molecule has 1 aromatic rings. The van der Waals surface area contributed by atoms with Gasteiger partial charge in [-0.3, -0.25) is 9.78 Å². The number of carbonyl (C=O) groups excluding carboxylic acids is 1. The number of primary amides is 1. The van der Waals surface area contributed by atoms with Crippen LogP contribution in [0.1, 0.15) is 70.4 Å². The third kappa shape index (κ3) is 9.22. The molecule has 0 spiro atoms. The third-order valence-corrected chi connectivity index (χ3v) is 3.99. The summed E-state index contributed by atoms with van der Waals surface area (Å²) in [5.41, 5.74) is 6.41. The van der Waals surface area contributed by atoms with E-state index in [2.05, 4.69) is 18.0 Å². The minimum Gasteiger partial charge on any atom is -0.370 e. The first-order chi connectivity index (χ1) is 10.2. The third-order valence-electron chi connectivity index (χ3n) is 3.99. The molecule has 0 aliphatic rings. The zero-order valence-corrected chi connectivity index (χ0v) is 13.4. The summed E-state index contributed by atoms with van der Waals surface area (Å²) in [5.74, 6) is 0.336. The van der Waals surface area contributed by atoms with Gasteiger partial charge in [0, 0.05) is 18.3 Å². The number of hydrogen-bond donors (Lipinski definition) is 1. The molecule has 0 bridgehead atoms. The number of rotatable bonds is 12. The zero-order valence-electron chi connectivity index (χ0n) is 13.4. The van der Waals surface area contributed by atoms with Crippen molar-refractivity contribution in [3.63, 3.8) is 0 Å². The predicted octanol–water partition coefficient (Wildman–Crippen LogP) is 4.26. The van der Waals surface area contributed by atoms with E-state index in [4.69, 9.17) is 5.73 Å². The van der Waals surface area contributed by atoms with Crippen LogP contribution in [0.25, 0.3) is 0 Å². The van der Waals surface area contributed by atoms with Gasteiger partial charge in [-0.15, -0.1) is 0 Å². The van der Waals surface area contributed by atoms with Gasteiger partial charge in [0.25, 0.3) is 0 Å². The second-order valence-corrected chi connectivity index (χ2v) is 5.95. The smallest absolute Gasteiger partial charge is 0.217 e. The van der Waals surface area contributed by atoms with Gasteiger partial charge in [0.15, 0.2) is 0 Å². The molecule has 0 aliphatic carbocycles. The van der Waals surface area contributed by atoms with E-state index in [-0.39, 0.29) is 5.91 Å². The quantitative estimate of drug-likeness (QED) is 0.585. The molecule has 1 atom stereocenters. The van der Waals surface area contributed by atoms with E-state index in [0.717, 1.165) is 18.5 Å². The van der Waals surface area contributed by atoms with Crippen LogP contribution in [0.4, 0.5) is 0 Å². The Labute approximate surface area is 129 Å². The summed E-state index contributed by atoms with van der Waals surface area (Å²) >= 11 is 0. The number of nitrogens with zero attached hydrogens (tertiary/aromatic N) is 1.